The Morgan fingerprint density at radius 1 is 1.04 bits per heavy atom. The first kappa shape index (κ1) is 20.0. The molecule has 1 aromatic carbocycles. The van der Waals surface area contributed by atoms with E-state index in [0.29, 0.717) is 0 Å². The van der Waals surface area contributed by atoms with Gasteiger partial charge in [0.05, 0.1) is 5.69 Å². The summed E-state index contributed by atoms with van der Waals surface area (Å²) < 4.78 is 5.20. The fourth-order valence-electron chi connectivity index (χ4n) is 2.88. The first-order valence-corrected chi connectivity index (χ1v) is 9.27. The van der Waals surface area contributed by atoms with E-state index in [1.165, 1.54) is 16.7 Å². The van der Waals surface area contributed by atoms with Crippen LogP contribution in [-0.4, -0.2) is 31.3 Å². The van der Waals surface area contributed by atoms with Crippen LogP contribution in [0.5, 0.6) is 0 Å². The third-order valence-corrected chi connectivity index (χ3v) is 4.60. The summed E-state index contributed by atoms with van der Waals surface area (Å²) in [5, 5.41) is 10.7. The van der Waals surface area contributed by atoms with E-state index in [-0.39, 0.29) is 5.41 Å². The molecule has 2 aromatic rings. The molecule has 26 heavy (non-hydrogen) atoms. The molecular weight excluding hydrogens is 324 g/mol. The molecular formula is C21H32N4O. The Kier molecular flexibility index (Phi) is 6.83. The number of aryl methyl sites for hydroxylation is 2. The quantitative estimate of drug-likeness (QED) is 0.614. The number of benzene rings is 1. The molecule has 5 nitrogen and oxygen atoms in total. The highest BCUT2D eigenvalue weighted by Crippen LogP contribution is 2.22. The van der Waals surface area contributed by atoms with E-state index in [1.54, 1.807) is 7.05 Å². The number of aliphatic imine (C=N–C) groups is 1. The topological polar surface area (TPSA) is 62.5 Å². The molecule has 0 spiro atoms. The lowest BCUT2D eigenvalue weighted by Crippen LogP contribution is -2.39. The maximum Gasteiger partial charge on any atom is 0.190 e. The second-order valence-electron chi connectivity index (χ2n) is 7.68. The normalized spacial score (nSPS) is 12.3. The van der Waals surface area contributed by atoms with Gasteiger partial charge in [0.2, 0.25) is 0 Å². The summed E-state index contributed by atoms with van der Waals surface area (Å²) in [5.74, 6) is 1.72. The summed E-state index contributed by atoms with van der Waals surface area (Å²) in [4.78, 5) is 4.28. The van der Waals surface area contributed by atoms with Crippen molar-refractivity contribution < 1.29 is 4.52 Å². The van der Waals surface area contributed by atoms with E-state index in [0.717, 1.165) is 43.3 Å². The molecule has 0 unspecified atom stereocenters. The van der Waals surface area contributed by atoms with Crippen LogP contribution in [-0.2, 0) is 18.3 Å². The Balaban J connectivity index is 1.75. The molecule has 2 N–H and O–H groups in total. The van der Waals surface area contributed by atoms with Gasteiger partial charge in [-0.2, -0.15) is 0 Å². The third kappa shape index (κ3) is 5.61. The van der Waals surface area contributed by atoms with Crippen LogP contribution < -0.4 is 10.6 Å². The maximum atomic E-state index is 5.20. The number of aromatic nitrogens is 1. The largest absolute Gasteiger partial charge is 0.361 e. The van der Waals surface area contributed by atoms with Gasteiger partial charge in [0, 0.05) is 25.7 Å². The summed E-state index contributed by atoms with van der Waals surface area (Å²) in [5.41, 5.74) is 5.03. The molecule has 0 bridgehead atoms. The number of hydrogen-bond donors (Lipinski definition) is 2. The summed E-state index contributed by atoms with van der Waals surface area (Å²) in [6, 6.07) is 8.89. The van der Waals surface area contributed by atoms with E-state index in [9.17, 15) is 0 Å². The summed E-state index contributed by atoms with van der Waals surface area (Å²) in [7, 11) is 1.80. The molecule has 0 aliphatic carbocycles. The predicted octanol–water partition coefficient (Wildman–Crippen LogP) is 3.54. The molecule has 0 aliphatic heterocycles. The molecule has 0 amide bonds. The predicted molar refractivity (Wildman–Crippen MR) is 108 cm³/mol. The van der Waals surface area contributed by atoms with Crippen molar-refractivity contribution in [1.29, 1.82) is 0 Å². The Morgan fingerprint density at radius 2 is 1.65 bits per heavy atom. The van der Waals surface area contributed by atoms with E-state index in [4.69, 9.17) is 4.52 Å². The number of nitrogens with zero attached hydrogens (tertiary/aromatic N) is 2. The Labute approximate surface area is 157 Å². The molecule has 0 atom stereocenters. The average molecular weight is 357 g/mol. The average Bonchev–Trinajstić information content (AvgIpc) is 2.92. The lowest BCUT2D eigenvalue weighted by Gasteiger charge is -2.19. The molecule has 5 heteroatoms. The number of hydrogen-bond acceptors (Lipinski definition) is 3. The minimum atomic E-state index is 0.198. The van der Waals surface area contributed by atoms with E-state index in [1.807, 2.05) is 13.8 Å². The van der Waals surface area contributed by atoms with Gasteiger partial charge in [0.15, 0.2) is 5.96 Å². The third-order valence-electron chi connectivity index (χ3n) is 4.60. The molecule has 0 saturated heterocycles. The van der Waals surface area contributed by atoms with Crippen LogP contribution in [0.4, 0.5) is 0 Å². The van der Waals surface area contributed by atoms with Gasteiger partial charge in [-0.3, -0.25) is 4.99 Å². The van der Waals surface area contributed by atoms with Crippen LogP contribution in [0.2, 0.25) is 0 Å². The van der Waals surface area contributed by atoms with E-state index < -0.39 is 0 Å². The van der Waals surface area contributed by atoms with Crippen LogP contribution in [0.15, 0.2) is 33.8 Å². The smallest absolute Gasteiger partial charge is 0.190 e. The van der Waals surface area contributed by atoms with Crippen LogP contribution in [0.1, 0.15) is 48.9 Å². The molecule has 142 valence electrons. The number of guanidine groups is 1. The van der Waals surface area contributed by atoms with Crippen molar-refractivity contribution in [1.82, 2.24) is 15.8 Å². The minimum Gasteiger partial charge on any atom is -0.361 e. The van der Waals surface area contributed by atoms with Crippen molar-refractivity contribution in [3.8, 4) is 0 Å². The lowest BCUT2D eigenvalue weighted by molar-refractivity contribution is 0.392. The highest BCUT2D eigenvalue weighted by Gasteiger charge is 2.12. The Bertz CT molecular complexity index is 704. The van der Waals surface area contributed by atoms with Crippen LogP contribution in [0, 0.1) is 13.8 Å². The fraction of sp³-hybridized carbons (Fsp3) is 0.524. The van der Waals surface area contributed by atoms with E-state index in [2.05, 4.69) is 65.8 Å². The summed E-state index contributed by atoms with van der Waals surface area (Å²) in [6.45, 7) is 12.3. The molecule has 0 radical (unpaired) electrons. The monoisotopic (exact) mass is 356 g/mol. The van der Waals surface area contributed by atoms with Crippen molar-refractivity contribution in [3.05, 3.63) is 52.4 Å². The highest BCUT2D eigenvalue weighted by atomic mass is 16.5. The van der Waals surface area contributed by atoms with Crippen LogP contribution in [0.25, 0.3) is 0 Å². The van der Waals surface area contributed by atoms with Crippen molar-refractivity contribution in [2.45, 2.75) is 52.9 Å². The van der Waals surface area contributed by atoms with Gasteiger partial charge in [-0.15, -0.1) is 0 Å². The molecule has 0 aliphatic rings. The Morgan fingerprint density at radius 3 is 2.15 bits per heavy atom. The van der Waals surface area contributed by atoms with Gasteiger partial charge in [0.1, 0.15) is 5.76 Å². The van der Waals surface area contributed by atoms with Crippen LogP contribution in [0.3, 0.4) is 0 Å². The first-order valence-electron chi connectivity index (χ1n) is 9.27. The molecule has 0 saturated carbocycles. The molecule has 1 heterocycles. The van der Waals surface area contributed by atoms with Gasteiger partial charge in [0.25, 0.3) is 0 Å². The zero-order valence-corrected chi connectivity index (χ0v) is 16.9. The van der Waals surface area contributed by atoms with Gasteiger partial charge < -0.3 is 15.2 Å². The van der Waals surface area contributed by atoms with Gasteiger partial charge in [-0.05, 0) is 43.2 Å². The number of rotatable bonds is 6. The number of nitrogens with one attached hydrogen (secondary N) is 2. The first-order chi connectivity index (χ1) is 12.3. The van der Waals surface area contributed by atoms with Gasteiger partial charge in [-0.25, -0.2) is 0 Å². The molecule has 1 aromatic heterocycles. The zero-order valence-electron chi connectivity index (χ0n) is 16.9. The fourth-order valence-corrected chi connectivity index (χ4v) is 2.88. The Hall–Kier alpha value is -2.30. The van der Waals surface area contributed by atoms with E-state index >= 15 is 0 Å². The van der Waals surface area contributed by atoms with Crippen molar-refractivity contribution >= 4 is 5.96 Å². The maximum absolute atomic E-state index is 5.20. The second-order valence-corrected chi connectivity index (χ2v) is 7.68. The summed E-state index contributed by atoms with van der Waals surface area (Å²) >= 11 is 0. The minimum absolute atomic E-state index is 0.198. The SMILES string of the molecule is CN=C(NCCc1ccc(C(C)(C)C)cc1)NCCc1c(C)noc1C. The van der Waals surface area contributed by atoms with Gasteiger partial charge in [-0.1, -0.05) is 50.2 Å². The lowest BCUT2D eigenvalue weighted by atomic mass is 9.86. The zero-order chi connectivity index (χ0) is 19.2. The molecule has 2 rings (SSSR count). The summed E-state index contributed by atoms with van der Waals surface area (Å²) in [6.07, 6.45) is 1.84. The van der Waals surface area contributed by atoms with Crippen LogP contribution >= 0.6 is 0 Å². The van der Waals surface area contributed by atoms with Crippen molar-refractivity contribution in [2.75, 3.05) is 20.1 Å². The molecule has 0 fully saturated rings. The van der Waals surface area contributed by atoms with Crippen molar-refractivity contribution in [2.24, 2.45) is 4.99 Å². The standard InChI is InChI=1S/C21H32N4O/c1-15-19(16(2)26-25-15)12-14-24-20(22-6)23-13-11-17-7-9-18(10-8-17)21(3,4)5/h7-10H,11-14H2,1-6H3,(H2,22,23,24). The second kappa shape index (κ2) is 8.88. The van der Waals surface area contributed by atoms with Gasteiger partial charge >= 0.3 is 0 Å². The van der Waals surface area contributed by atoms with Crippen molar-refractivity contribution in [3.63, 3.8) is 0 Å². The highest BCUT2D eigenvalue weighted by molar-refractivity contribution is 5.79.